The fourth-order valence-corrected chi connectivity index (χ4v) is 4.17. The average Bonchev–Trinajstić information content (AvgIpc) is 3.06. The Morgan fingerprint density at radius 3 is 2.61 bits per heavy atom. The van der Waals surface area contributed by atoms with E-state index in [1.165, 1.54) is 17.8 Å². The van der Waals surface area contributed by atoms with Crippen molar-refractivity contribution in [1.82, 2.24) is 0 Å². The van der Waals surface area contributed by atoms with Crippen LogP contribution in [0.5, 0.6) is 0 Å². The molecule has 0 aliphatic carbocycles. The van der Waals surface area contributed by atoms with E-state index in [2.05, 4.69) is 5.32 Å². The molecule has 3 rings (SSSR count). The molecule has 0 spiro atoms. The van der Waals surface area contributed by atoms with Crippen LogP contribution in [0.4, 0.5) is 15.8 Å². The second-order valence-electron chi connectivity index (χ2n) is 7.40. The lowest BCUT2D eigenvalue weighted by atomic mass is 9.95. The van der Waals surface area contributed by atoms with Crippen molar-refractivity contribution >= 4 is 46.6 Å². The molecule has 7 heteroatoms. The van der Waals surface area contributed by atoms with Crippen LogP contribution in [0.15, 0.2) is 42.5 Å². The predicted octanol–water partition coefficient (Wildman–Crippen LogP) is 5.12. The van der Waals surface area contributed by atoms with Gasteiger partial charge in [0.1, 0.15) is 11.2 Å². The Morgan fingerprint density at radius 1 is 1.29 bits per heavy atom. The van der Waals surface area contributed by atoms with Gasteiger partial charge in [-0.1, -0.05) is 18.2 Å². The van der Waals surface area contributed by atoms with E-state index >= 15 is 0 Å². The summed E-state index contributed by atoms with van der Waals surface area (Å²) < 4.78 is 14.0. The van der Waals surface area contributed by atoms with Crippen molar-refractivity contribution in [3.8, 4) is 0 Å². The lowest BCUT2D eigenvalue weighted by molar-refractivity contribution is -0.123. The quantitative estimate of drug-likeness (QED) is 0.683. The highest BCUT2D eigenvalue weighted by Gasteiger charge is 2.35. The largest absolute Gasteiger partial charge is 0.326 e. The Bertz CT molecular complexity index is 902. The van der Waals surface area contributed by atoms with Gasteiger partial charge in [-0.15, -0.1) is 23.4 Å². The molecule has 1 aliphatic rings. The zero-order valence-electron chi connectivity index (χ0n) is 16.0. The first-order chi connectivity index (χ1) is 13.2. The molecule has 1 aliphatic heterocycles. The summed E-state index contributed by atoms with van der Waals surface area (Å²) in [5, 5.41) is 2.62. The molecule has 4 nitrogen and oxygen atoms in total. The summed E-state index contributed by atoms with van der Waals surface area (Å²) in [4.78, 5) is 26.4. The molecule has 1 heterocycles. The first-order valence-electron chi connectivity index (χ1n) is 8.91. The molecule has 1 atom stereocenters. The number of halogens is 2. The van der Waals surface area contributed by atoms with Crippen LogP contribution < -0.4 is 10.2 Å². The Hall–Kier alpha value is -2.05. The van der Waals surface area contributed by atoms with Crippen molar-refractivity contribution in [2.45, 2.75) is 26.1 Å². The molecule has 2 amide bonds. The van der Waals surface area contributed by atoms with E-state index in [0.29, 0.717) is 22.7 Å². The van der Waals surface area contributed by atoms with E-state index in [0.717, 1.165) is 5.56 Å². The van der Waals surface area contributed by atoms with Gasteiger partial charge in [0, 0.05) is 17.1 Å². The highest BCUT2D eigenvalue weighted by atomic mass is 35.5. The SMILES string of the molecule is Cc1c(F)cccc1N1C(=O)CS[C@@H]1c1ccc(NC(=O)C(C)(C)CCl)cc1. The van der Waals surface area contributed by atoms with Crippen LogP contribution in [0, 0.1) is 18.2 Å². The van der Waals surface area contributed by atoms with Crippen LogP contribution in [0.2, 0.25) is 0 Å². The van der Waals surface area contributed by atoms with Crippen LogP contribution in [-0.2, 0) is 9.59 Å². The Kier molecular flexibility index (Phi) is 6.01. The predicted molar refractivity (Wildman–Crippen MR) is 113 cm³/mol. The van der Waals surface area contributed by atoms with E-state index in [-0.39, 0.29) is 28.9 Å². The number of benzene rings is 2. The van der Waals surface area contributed by atoms with Crippen molar-refractivity contribution in [1.29, 1.82) is 0 Å². The molecule has 1 N–H and O–H groups in total. The standard InChI is InChI=1S/C21H22ClFN2O2S/c1-13-16(23)5-4-6-17(13)25-18(26)11-28-19(25)14-7-9-15(10-8-14)24-20(27)21(2,3)12-22/h4-10,19H,11-12H2,1-3H3,(H,24,27)/t19-/m1/s1. The molecule has 0 saturated carbocycles. The van der Waals surface area contributed by atoms with Crippen molar-refractivity contribution < 1.29 is 14.0 Å². The van der Waals surface area contributed by atoms with Gasteiger partial charge < -0.3 is 5.32 Å². The molecule has 2 aromatic carbocycles. The smallest absolute Gasteiger partial charge is 0.238 e. The highest BCUT2D eigenvalue weighted by Crippen LogP contribution is 2.43. The van der Waals surface area contributed by atoms with Crippen LogP contribution in [-0.4, -0.2) is 23.4 Å². The van der Waals surface area contributed by atoms with E-state index < -0.39 is 5.41 Å². The number of alkyl halides is 1. The van der Waals surface area contributed by atoms with Crippen molar-refractivity contribution in [2.75, 3.05) is 21.8 Å². The summed E-state index contributed by atoms with van der Waals surface area (Å²) in [6, 6.07) is 12.1. The minimum absolute atomic E-state index is 0.0510. The Labute approximate surface area is 173 Å². The number of anilines is 2. The average molecular weight is 421 g/mol. The van der Waals surface area contributed by atoms with Crippen LogP contribution in [0.1, 0.15) is 30.3 Å². The van der Waals surface area contributed by atoms with E-state index in [4.69, 9.17) is 11.6 Å². The molecule has 0 bridgehead atoms. The lowest BCUT2D eigenvalue weighted by Gasteiger charge is -2.26. The second-order valence-corrected chi connectivity index (χ2v) is 8.74. The summed E-state index contributed by atoms with van der Waals surface area (Å²) in [5.41, 5.74) is 1.94. The normalized spacial score (nSPS) is 17.1. The molecule has 2 aromatic rings. The van der Waals surface area contributed by atoms with E-state index in [1.54, 1.807) is 49.9 Å². The van der Waals surface area contributed by atoms with E-state index in [1.807, 2.05) is 12.1 Å². The zero-order chi connectivity index (χ0) is 20.5. The molecule has 148 valence electrons. The molecule has 1 fully saturated rings. The molecule has 0 radical (unpaired) electrons. The number of hydrogen-bond donors (Lipinski definition) is 1. The maximum Gasteiger partial charge on any atom is 0.238 e. The summed E-state index contributed by atoms with van der Waals surface area (Å²) in [6.07, 6.45) is 0. The molecule has 0 aromatic heterocycles. The first-order valence-corrected chi connectivity index (χ1v) is 10.5. The van der Waals surface area contributed by atoms with Crippen molar-refractivity contribution in [3.05, 3.63) is 59.4 Å². The molecular weight excluding hydrogens is 399 g/mol. The number of hydrogen-bond acceptors (Lipinski definition) is 3. The van der Waals surface area contributed by atoms with Crippen LogP contribution >= 0.6 is 23.4 Å². The molecule has 1 saturated heterocycles. The summed E-state index contributed by atoms with van der Waals surface area (Å²) in [7, 11) is 0. The van der Waals surface area contributed by atoms with E-state index in [9.17, 15) is 14.0 Å². The van der Waals surface area contributed by atoms with Gasteiger partial charge in [-0.25, -0.2) is 4.39 Å². The zero-order valence-corrected chi connectivity index (χ0v) is 17.5. The minimum Gasteiger partial charge on any atom is -0.326 e. The number of nitrogens with one attached hydrogen (secondary N) is 1. The maximum atomic E-state index is 14.0. The number of rotatable bonds is 5. The third-order valence-corrected chi connectivity index (χ3v) is 6.65. The third kappa shape index (κ3) is 4.03. The first kappa shape index (κ1) is 20.7. The molecule has 0 unspecified atom stereocenters. The van der Waals surface area contributed by atoms with Crippen LogP contribution in [0.3, 0.4) is 0 Å². The lowest BCUT2D eigenvalue weighted by Crippen LogP contribution is -2.32. The summed E-state index contributed by atoms with van der Waals surface area (Å²) >= 11 is 7.35. The van der Waals surface area contributed by atoms with Crippen molar-refractivity contribution in [2.24, 2.45) is 5.41 Å². The Morgan fingerprint density at radius 2 is 1.96 bits per heavy atom. The van der Waals surface area contributed by atoms with Crippen molar-refractivity contribution in [3.63, 3.8) is 0 Å². The highest BCUT2D eigenvalue weighted by molar-refractivity contribution is 8.00. The number of thioether (sulfide) groups is 1. The number of carbonyl (C=O) groups is 2. The summed E-state index contributed by atoms with van der Waals surface area (Å²) in [6.45, 7) is 5.24. The molecular formula is C21H22ClFN2O2S. The van der Waals surface area contributed by atoms with Gasteiger partial charge in [0.05, 0.1) is 16.9 Å². The fourth-order valence-electron chi connectivity index (χ4n) is 2.88. The maximum absolute atomic E-state index is 14.0. The number of amides is 2. The topological polar surface area (TPSA) is 49.4 Å². The van der Waals surface area contributed by atoms with Gasteiger partial charge in [0.25, 0.3) is 0 Å². The monoisotopic (exact) mass is 420 g/mol. The molecule has 28 heavy (non-hydrogen) atoms. The minimum atomic E-state index is -0.667. The second kappa shape index (κ2) is 8.13. The number of nitrogens with zero attached hydrogens (tertiary/aromatic N) is 1. The number of carbonyl (C=O) groups excluding carboxylic acids is 2. The Balaban J connectivity index is 1.84. The fraction of sp³-hybridized carbons (Fsp3) is 0.333. The van der Waals surface area contributed by atoms with Gasteiger partial charge in [0.15, 0.2) is 0 Å². The summed E-state index contributed by atoms with van der Waals surface area (Å²) in [5.74, 6) is 0.0199. The van der Waals surface area contributed by atoms with Gasteiger partial charge >= 0.3 is 0 Å². The van der Waals surface area contributed by atoms with Crippen LogP contribution in [0.25, 0.3) is 0 Å². The van der Waals surface area contributed by atoms with Gasteiger partial charge in [-0.05, 0) is 50.6 Å². The van der Waals surface area contributed by atoms with Gasteiger partial charge in [-0.3, -0.25) is 14.5 Å². The third-order valence-electron chi connectivity index (χ3n) is 4.77. The van der Waals surface area contributed by atoms with Gasteiger partial charge in [0.2, 0.25) is 11.8 Å². The van der Waals surface area contributed by atoms with Gasteiger partial charge in [-0.2, -0.15) is 0 Å².